The normalized spacial score (nSPS) is 15.6. The number of benzene rings is 2. The Bertz CT molecular complexity index is 1060. The van der Waals surface area contributed by atoms with Crippen molar-refractivity contribution in [1.82, 2.24) is 0 Å². The molecule has 1 aliphatic rings. The Morgan fingerprint density at radius 1 is 1.07 bits per heavy atom. The highest BCUT2D eigenvalue weighted by atomic mass is 32.2. The summed E-state index contributed by atoms with van der Waals surface area (Å²) in [6.07, 6.45) is 1.77. The third-order valence-corrected chi connectivity index (χ3v) is 6.53. The molecule has 1 amide bonds. The second kappa shape index (κ2) is 8.39. The van der Waals surface area contributed by atoms with Gasteiger partial charge in [-0.25, -0.2) is 0 Å². The molecular formula is C22H17NO2S3. The van der Waals surface area contributed by atoms with Gasteiger partial charge in [0.05, 0.1) is 10.6 Å². The van der Waals surface area contributed by atoms with Gasteiger partial charge >= 0.3 is 0 Å². The molecule has 0 N–H and O–H groups in total. The Balaban J connectivity index is 1.49. The van der Waals surface area contributed by atoms with Crippen LogP contribution in [0.3, 0.4) is 0 Å². The molecule has 3 nitrogen and oxygen atoms in total. The Morgan fingerprint density at radius 2 is 1.82 bits per heavy atom. The molecule has 2 heterocycles. The number of carbonyl (C=O) groups is 1. The van der Waals surface area contributed by atoms with Gasteiger partial charge < -0.3 is 4.42 Å². The van der Waals surface area contributed by atoms with Gasteiger partial charge in [-0.15, -0.1) is 0 Å². The Morgan fingerprint density at radius 3 is 2.61 bits per heavy atom. The molecule has 0 unspecified atom stereocenters. The largest absolute Gasteiger partial charge is 0.450 e. The van der Waals surface area contributed by atoms with Crippen LogP contribution in [0, 0.1) is 6.92 Å². The monoisotopic (exact) mass is 423 g/mol. The number of nitrogens with zero attached hydrogens (tertiary/aromatic N) is 1. The van der Waals surface area contributed by atoms with E-state index in [1.807, 2.05) is 61.5 Å². The van der Waals surface area contributed by atoms with Crippen LogP contribution in [-0.2, 0) is 10.5 Å². The number of anilines is 1. The van der Waals surface area contributed by atoms with Crippen molar-refractivity contribution in [3.8, 4) is 0 Å². The number of hydrogen-bond acceptors (Lipinski definition) is 5. The average Bonchev–Trinajstić information content (AvgIpc) is 3.26. The van der Waals surface area contributed by atoms with Crippen molar-refractivity contribution in [1.29, 1.82) is 0 Å². The molecule has 0 saturated carbocycles. The highest BCUT2D eigenvalue weighted by Gasteiger charge is 2.34. The van der Waals surface area contributed by atoms with Crippen molar-refractivity contribution < 1.29 is 9.21 Å². The predicted octanol–water partition coefficient (Wildman–Crippen LogP) is 6.29. The number of amides is 1. The molecule has 0 bridgehead atoms. The van der Waals surface area contributed by atoms with E-state index in [9.17, 15) is 4.79 Å². The van der Waals surface area contributed by atoms with Crippen molar-refractivity contribution in [2.24, 2.45) is 0 Å². The zero-order valence-electron chi connectivity index (χ0n) is 15.1. The fourth-order valence-electron chi connectivity index (χ4n) is 2.84. The first-order valence-electron chi connectivity index (χ1n) is 8.72. The molecule has 0 aliphatic carbocycles. The average molecular weight is 424 g/mol. The smallest absolute Gasteiger partial charge is 0.270 e. The van der Waals surface area contributed by atoms with Crippen LogP contribution in [0.25, 0.3) is 6.08 Å². The van der Waals surface area contributed by atoms with E-state index in [1.54, 1.807) is 22.7 Å². The van der Waals surface area contributed by atoms with Gasteiger partial charge in [0, 0.05) is 11.8 Å². The number of rotatable bonds is 5. The maximum absolute atomic E-state index is 12.9. The lowest BCUT2D eigenvalue weighted by atomic mass is 10.2. The number of thiocarbonyl (C=S) groups is 1. The number of hydrogen-bond donors (Lipinski definition) is 0. The minimum absolute atomic E-state index is 0.112. The van der Waals surface area contributed by atoms with E-state index in [0.29, 0.717) is 15.0 Å². The van der Waals surface area contributed by atoms with E-state index >= 15 is 0 Å². The van der Waals surface area contributed by atoms with Crippen LogP contribution in [0.4, 0.5) is 5.69 Å². The van der Waals surface area contributed by atoms with Crippen LogP contribution < -0.4 is 4.90 Å². The number of furan rings is 1. The first-order chi connectivity index (χ1) is 13.6. The summed E-state index contributed by atoms with van der Waals surface area (Å²) in [5, 5.41) is 0.824. The van der Waals surface area contributed by atoms with Crippen LogP contribution in [0.1, 0.15) is 16.9 Å². The molecule has 3 aromatic rings. The van der Waals surface area contributed by atoms with E-state index < -0.39 is 0 Å². The number of para-hydroxylation sites is 1. The molecule has 28 heavy (non-hydrogen) atoms. The lowest BCUT2D eigenvalue weighted by molar-refractivity contribution is -0.113. The summed E-state index contributed by atoms with van der Waals surface area (Å²) >= 11 is 8.38. The van der Waals surface area contributed by atoms with E-state index in [1.165, 1.54) is 17.3 Å². The van der Waals surface area contributed by atoms with Gasteiger partial charge in [-0.1, -0.05) is 84.3 Å². The molecule has 140 valence electrons. The minimum atomic E-state index is -0.112. The van der Waals surface area contributed by atoms with Gasteiger partial charge in [-0.2, -0.15) is 0 Å². The van der Waals surface area contributed by atoms with Gasteiger partial charge in [-0.05, 0) is 36.2 Å². The molecule has 2 aromatic carbocycles. The molecular weight excluding hydrogens is 406 g/mol. The summed E-state index contributed by atoms with van der Waals surface area (Å²) in [4.78, 5) is 15.1. The molecule has 4 rings (SSSR count). The van der Waals surface area contributed by atoms with Gasteiger partial charge in [0.15, 0.2) is 9.41 Å². The lowest BCUT2D eigenvalue weighted by Crippen LogP contribution is -2.28. The van der Waals surface area contributed by atoms with Crippen molar-refractivity contribution in [2.75, 3.05) is 4.90 Å². The highest BCUT2D eigenvalue weighted by molar-refractivity contribution is 8.27. The summed E-state index contributed by atoms with van der Waals surface area (Å²) in [7, 11) is 0. The number of aryl methyl sites for hydroxylation is 1. The van der Waals surface area contributed by atoms with Crippen LogP contribution in [-0.4, -0.2) is 10.2 Å². The van der Waals surface area contributed by atoms with Crippen LogP contribution >= 0.6 is 35.7 Å². The predicted molar refractivity (Wildman–Crippen MR) is 122 cm³/mol. The first-order valence-corrected chi connectivity index (χ1v) is 10.9. The van der Waals surface area contributed by atoms with E-state index in [0.717, 1.165) is 22.1 Å². The third kappa shape index (κ3) is 4.09. The molecule has 6 heteroatoms. The third-order valence-electron chi connectivity index (χ3n) is 4.25. The molecule has 0 radical (unpaired) electrons. The summed E-state index contributed by atoms with van der Waals surface area (Å²) in [6, 6.07) is 21.8. The summed E-state index contributed by atoms with van der Waals surface area (Å²) in [5.41, 5.74) is 3.08. The van der Waals surface area contributed by atoms with Crippen molar-refractivity contribution in [3.63, 3.8) is 0 Å². The number of thioether (sulfide) groups is 2. The topological polar surface area (TPSA) is 33.5 Å². The maximum Gasteiger partial charge on any atom is 0.270 e. The maximum atomic E-state index is 12.9. The fourth-order valence-corrected chi connectivity index (χ4v) is 4.92. The van der Waals surface area contributed by atoms with Crippen molar-refractivity contribution >= 4 is 57.7 Å². The molecule has 1 fully saturated rings. The number of carbonyl (C=O) groups excluding carboxylic acids is 1. The minimum Gasteiger partial charge on any atom is -0.450 e. The van der Waals surface area contributed by atoms with Crippen molar-refractivity contribution in [3.05, 3.63) is 88.5 Å². The first kappa shape index (κ1) is 19.1. The second-order valence-electron chi connectivity index (χ2n) is 6.23. The molecule has 1 saturated heterocycles. The lowest BCUT2D eigenvalue weighted by Gasteiger charge is -2.16. The standard InChI is InChI=1S/C22H17NO2S3/c1-15-7-5-6-10-18(15)23-21(24)19(28-22(23)26)13-17-11-12-20(25-17)27-14-16-8-3-2-4-9-16/h2-13H,14H2,1H3/b19-13-. The summed E-state index contributed by atoms with van der Waals surface area (Å²) in [6.45, 7) is 1.97. The molecule has 1 aliphatic heterocycles. The molecule has 1 aromatic heterocycles. The van der Waals surface area contributed by atoms with Crippen molar-refractivity contribution in [2.45, 2.75) is 17.8 Å². The molecule has 0 spiro atoms. The van der Waals surface area contributed by atoms with Crippen LogP contribution in [0.2, 0.25) is 0 Å². The van der Waals surface area contributed by atoms with E-state index in [4.69, 9.17) is 16.6 Å². The van der Waals surface area contributed by atoms with Gasteiger partial charge in [0.1, 0.15) is 5.76 Å². The zero-order chi connectivity index (χ0) is 19.5. The Hall–Kier alpha value is -2.28. The zero-order valence-corrected chi connectivity index (χ0v) is 17.6. The second-order valence-corrected chi connectivity index (χ2v) is 8.89. The van der Waals surface area contributed by atoms with Crippen LogP contribution in [0.15, 0.2) is 81.1 Å². The Kier molecular flexibility index (Phi) is 5.71. The Labute approximate surface area is 177 Å². The summed E-state index contributed by atoms with van der Waals surface area (Å²) in [5.74, 6) is 1.38. The van der Waals surface area contributed by atoms with E-state index in [-0.39, 0.29) is 5.91 Å². The highest BCUT2D eigenvalue weighted by Crippen LogP contribution is 2.37. The quantitative estimate of drug-likeness (QED) is 0.274. The SMILES string of the molecule is Cc1ccccc1N1C(=O)/C(=C/c2ccc(SCc3ccccc3)o2)SC1=S. The van der Waals surface area contributed by atoms with Gasteiger partial charge in [-0.3, -0.25) is 9.69 Å². The van der Waals surface area contributed by atoms with Crippen LogP contribution in [0.5, 0.6) is 0 Å². The summed E-state index contributed by atoms with van der Waals surface area (Å²) < 4.78 is 6.41. The fraction of sp³-hybridized carbons (Fsp3) is 0.0909. The van der Waals surface area contributed by atoms with E-state index in [2.05, 4.69) is 12.1 Å². The van der Waals surface area contributed by atoms with Gasteiger partial charge in [0.25, 0.3) is 5.91 Å². The molecule has 0 atom stereocenters. The van der Waals surface area contributed by atoms with Gasteiger partial charge in [0.2, 0.25) is 0 Å².